The molecule has 1 atom stereocenters. The van der Waals surface area contributed by atoms with Gasteiger partial charge in [-0.2, -0.15) is 8.42 Å². The average Bonchev–Trinajstić information content (AvgIpc) is 3.39. The Balaban J connectivity index is 0.00000506. The van der Waals surface area contributed by atoms with Gasteiger partial charge in [-0.15, -0.1) is 0 Å². The normalized spacial score (nSPS) is 17.1. The van der Waals surface area contributed by atoms with Crippen LogP contribution < -0.4 is 24.8 Å². The molecule has 4 rings (SSSR count). The van der Waals surface area contributed by atoms with Crippen molar-refractivity contribution < 1.29 is 46.5 Å². The van der Waals surface area contributed by atoms with Crippen LogP contribution in [0.15, 0.2) is 36.4 Å². The van der Waals surface area contributed by atoms with Gasteiger partial charge in [-0.1, -0.05) is 30.3 Å². The number of carbonyl (C=O) groups excluding carboxylic acids is 2. The first kappa shape index (κ1) is 33.4. The molecule has 2 aliphatic rings. The first-order chi connectivity index (χ1) is 19.7. The number of rotatable bonds is 9. The molecule has 0 spiro atoms. The van der Waals surface area contributed by atoms with Crippen LogP contribution in [-0.4, -0.2) is 81.5 Å². The number of amides is 3. The van der Waals surface area contributed by atoms with E-state index < -0.39 is 58.0 Å². The maximum Gasteiger partial charge on any atom is 0.412 e. The maximum absolute atomic E-state index is 16.3. The summed E-state index contributed by atoms with van der Waals surface area (Å²) in [6.07, 6.45) is -2.32. The van der Waals surface area contributed by atoms with Crippen LogP contribution in [0, 0.1) is 5.82 Å². The van der Waals surface area contributed by atoms with Gasteiger partial charge in [-0.25, -0.2) is 23.0 Å². The molecular weight excluding hydrogens is 589 g/mol. The summed E-state index contributed by atoms with van der Waals surface area (Å²) in [7, 11) is -2.99. The Morgan fingerprint density at radius 1 is 1.21 bits per heavy atom. The van der Waals surface area contributed by atoms with Gasteiger partial charge in [0, 0.05) is 38.2 Å². The first-order valence-electron chi connectivity index (χ1n) is 13.1. The number of ether oxygens (including phenoxy) is 3. The van der Waals surface area contributed by atoms with Crippen molar-refractivity contribution in [2.24, 2.45) is 0 Å². The summed E-state index contributed by atoms with van der Waals surface area (Å²) in [6.45, 7) is 4.32. The van der Waals surface area contributed by atoms with Crippen molar-refractivity contribution in [3.05, 3.63) is 53.3 Å². The Morgan fingerprint density at radius 2 is 1.88 bits per heavy atom. The Hall–Kier alpha value is -4.15. The van der Waals surface area contributed by atoms with Crippen molar-refractivity contribution in [3.63, 3.8) is 0 Å². The van der Waals surface area contributed by atoms with E-state index in [2.05, 4.69) is 0 Å². The highest BCUT2D eigenvalue weighted by atomic mass is 32.2. The molecule has 0 bridgehead atoms. The van der Waals surface area contributed by atoms with Crippen LogP contribution >= 0.6 is 0 Å². The van der Waals surface area contributed by atoms with E-state index in [-0.39, 0.29) is 55.9 Å². The fourth-order valence-corrected chi connectivity index (χ4v) is 5.90. The highest BCUT2D eigenvalue weighted by Gasteiger charge is 2.44. The number of anilines is 2. The molecule has 1 saturated heterocycles. The van der Waals surface area contributed by atoms with Gasteiger partial charge >= 0.3 is 22.4 Å². The number of carbonyl (C=O) groups is 3. The number of nitrogens with one attached hydrogen (secondary N) is 1. The van der Waals surface area contributed by atoms with Gasteiger partial charge in [0.2, 0.25) is 0 Å². The first-order valence-corrected chi connectivity index (χ1v) is 14.5. The Bertz CT molecular complexity index is 1470. The van der Waals surface area contributed by atoms with E-state index >= 15 is 4.39 Å². The largest absolute Gasteiger partial charge is 0.487 e. The lowest BCUT2D eigenvalue weighted by atomic mass is 10.1. The van der Waals surface area contributed by atoms with Crippen molar-refractivity contribution in [1.82, 2.24) is 15.8 Å². The van der Waals surface area contributed by atoms with Crippen molar-refractivity contribution in [2.45, 2.75) is 45.4 Å². The molecule has 5 N–H and O–H groups in total. The van der Waals surface area contributed by atoms with E-state index in [1.165, 1.54) is 18.1 Å². The summed E-state index contributed by atoms with van der Waals surface area (Å²) < 4.78 is 60.6. The summed E-state index contributed by atoms with van der Waals surface area (Å²) in [5, 5.41) is 10.2. The number of carboxylic acid groups (broad SMARTS) is 1. The number of hydrogen-bond donors (Lipinski definition) is 3. The molecule has 2 heterocycles. The summed E-state index contributed by atoms with van der Waals surface area (Å²) >= 11 is 0. The number of halogens is 1. The Morgan fingerprint density at radius 3 is 2.44 bits per heavy atom. The van der Waals surface area contributed by atoms with Crippen LogP contribution in [0.2, 0.25) is 0 Å². The zero-order chi connectivity index (χ0) is 30.8. The van der Waals surface area contributed by atoms with E-state index in [1.807, 2.05) is 4.72 Å². The molecular formula is C27H36FN5O9S. The molecule has 2 aliphatic heterocycles. The van der Waals surface area contributed by atoms with Crippen molar-refractivity contribution >= 4 is 39.7 Å². The number of nitrogens with zero attached hydrogens (tertiary/aromatic N) is 3. The highest BCUT2D eigenvalue weighted by Crippen LogP contribution is 2.45. The smallest absolute Gasteiger partial charge is 0.412 e. The lowest BCUT2D eigenvalue weighted by molar-refractivity contribution is -0.117. The highest BCUT2D eigenvalue weighted by molar-refractivity contribution is 7.92. The van der Waals surface area contributed by atoms with Crippen LogP contribution in [0.5, 0.6) is 5.75 Å². The second-order valence-corrected chi connectivity index (χ2v) is 12.4. The molecule has 16 heteroatoms. The molecule has 14 nitrogen and oxygen atoms in total. The fourth-order valence-electron chi connectivity index (χ4n) is 4.74. The summed E-state index contributed by atoms with van der Waals surface area (Å²) in [5.41, 5.74) is -0.829. The third-order valence-electron chi connectivity index (χ3n) is 6.51. The molecule has 2 aromatic rings. The van der Waals surface area contributed by atoms with Crippen LogP contribution in [0.3, 0.4) is 0 Å². The van der Waals surface area contributed by atoms with Gasteiger partial charge in [0.05, 0.1) is 18.3 Å². The average molecular weight is 626 g/mol. The molecule has 0 radical (unpaired) electrons. The second-order valence-electron chi connectivity index (χ2n) is 10.8. The fraction of sp³-hybridized carbons (Fsp3) is 0.444. The molecule has 0 aliphatic carbocycles. The predicted molar refractivity (Wildman–Crippen MR) is 154 cm³/mol. The van der Waals surface area contributed by atoms with Crippen LogP contribution in [0.1, 0.15) is 31.9 Å². The molecule has 43 heavy (non-hydrogen) atoms. The van der Waals surface area contributed by atoms with Crippen LogP contribution in [0.4, 0.5) is 25.4 Å². The molecule has 3 amide bonds. The van der Waals surface area contributed by atoms with Gasteiger partial charge in [-0.05, 0) is 26.3 Å². The molecule has 1 fully saturated rings. The Labute approximate surface area is 249 Å². The van der Waals surface area contributed by atoms with Crippen molar-refractivity contribution in [2.75, 3.05) is 42.6 Å². The van der Waals surface area contributed by atoms with E-state index in [0.717, 1.165) is 4.90 Å². The zero-order valence-electron chi connectivity index (χ0n) is 24.3. The number of methoxy groups -OCH3 is 1. The van der Waals surface area contributed by atoms with E-state index in [1.54, 1.807) is 51.1 Å². The molecule has 236 valence electrons. The topological polar surface area (TPSA) is 190 Å². The van der Waals surface area contributed by atoms with Gasteiger partial charge in [-0.3, -0.25) is 9.69 Å². The van der Waals surface area contributed by atoms with E-state index in [0.29, 0.717) is 9.87 Å². The molecule has 0 aromatic heterocycles. The lowest BCUT2D eigenvalue weighted by Gasteiger charge is -2.31. The zero-order valence-corrected chi connectivity index (χ0v) is 25.1. The van der Waals surface area contributed by atoms with Crippen LogP contribution in [-0.2, 0) is 37.5 Å². The summed E-state index contributed by atoms with van der Waals surface area (Å²) in [6, 6.07) is 9.08. The van der Waals surface area contributed by atoms with Crippen molar-refractivity contribution in [1.29, 1.82) is 0 Å². The predicted octanol–water partition coefficient (Wildman–Crippen LogP) is 3.04. The van der Waals surface area contributed by atoms with E-state index in [9.17, 15) is 27.9 Å². The van der Waals surface area contributed by atoms with Gasteiger partial charge < -0.3 is 30.4 Å². The van der Waals surface area contributed by atoms with Gasteiger partial charge in [0.1, 0.15) is 30.2 Å². The standard InChI is InChI=1S/C27H33FN4O9S.H3N/c1-27(2,3)41-26(36)30(10-11-39-4)14-18-12-19-20(32(18)25(34)35)13-21(40-16-17-8-6-5-7-9-17)24(23(19)28)31-15-22(33)29-42(31,37)38;/h5-9,13,18H,10-12,14-16H2,1-4H3,(H,29,33)(H,34,35);1H3/t18-;/m1./s1. The SMILES string of the molecule is COCCN(C[C@H]1Cc2c(cc(OCc3ccccc3)c(N3CC(=O)NS3(=O)=O)c2F)N1C(=O)O)C(=O)OC(C)(C)C.N. The molecule has 2 aromatic carbocycles. The minimum absolute atomic E-state index is 0. The summed E-state index contributed by atoms with van der Waals surface area (Å²) in [5.74, 6) is -2.18. The number of fused-ring (bicyclic) bond motifs is 1. The van der Waals surface area contributed by atoms with Gasteiger partial charge in [0.25, 0.3) is 5.91 Å². The van der Waals surface area contributed by atoms with Crippen LogP contribution in [0.25, 0.3) is 0 Å². The summed E-state index contributed by atoms with van der Waals surface area (Å²) in [4.78, 5) is 39.6. The number of benzene rings is 2. The minimum atomic E-state index is -4.44. The third kappa shape index (κ3) is 7.44. The van der Waals surface area contributed by atoms with Gasteiger partial charge in [0.15, 0.2) is 5.82 Å². The quantitative estimate of drug-likeness (QED) is 0.373. The molecule has 0 saturated carbocycles. The lowest BCUT2D eigenvalue weighted by Crippen LogP contribution is -2.48. The van der Waals surface area contributed by atoms with Crippen molar-refractivity contribution in [3.8, 4) is 5.75 Å². The monoisotopic (exact) mass is 625 g/mol. The maximum atomic E-state index is 16.3. The minimum Gasteiger partial charge on any atom is -0.487 e. The third-order valence-corrected chi connectivity index (χ3v) is 7.89. The van der Waals surface area contributed by atoms with E-state index in [4.69, 9.17) is 14.2 Å². The number of hydrogen-bond acceptors (Lipinski definition) is 9. The second kappa shape index (κ2) is 13.0. The Kier molecular flexibility index (Phi) is 10.1. The molecule has 0 unspecified atom stereocenters.